The van der Waals surface area contributed by atoms with Crippen molar-refractivity contribution in [1.29, 1.82) is 0 Å². The number of aromatic hydroxyl groups is 1. The Morgan fingerprint density at radius 2 is 1.57 bits per heavy atom. The lowest BCUT2D eigenvalue weighted by molar-refractivity contribution is -0.143. The van der Waals surface area contributed by atoms with Crippen molar-refractivity contribution in [3.05, 3.63) is 57.6 Å². The molecular weight excluding hydrogens is 1090 g/mol. The number of fused-ring (bicyclic) bond motifs is 1. The molecule has 6 N–H and O–H groups in total. The van der Waals surface area contributed by atoms with Crippen LogP contribution in [0.1, 0.15) is 157 Å². The zero-order chi connectivity index (χ0) is 60.3. The highest BCUT2D eigenvalue weighted by Crippen LogP contribution is 2.36. The molecule has 462 valence electrons. The number of rotatable bonds is 36. The third kappa shape index (κ3) is 21.8. The molecule has 1 saturated heterocycles. The average Bonchev–Trinajstić information content (AvgIpc) is 4.16. The Labute approximate surface area is 493 Å². The number of carbonyl (C=O) groups is 8. The topological polar surface area (TPSA) is 286 Å². The zero-order valence-electron chi connectivity index (χ0n) is 49.7. The number of aromatic nitrogens is 1. The lowest BCUT2D eigenvalue weighted by Crippen LogP contribution is -2.58. The van der Waals surface area contributed by atoms with Crippen molar-refractivity contribution < 1.29 is 67.1 Å². The third-order valence-electron chi connectivity index (χ3n) is 15.2. The van der Waals surface area contributed by atoms with E-state index in [4.69, 9.17) is 28.7 Å². The molecular formula is C59H91N9O14S. The molecule has 1 fully saturated rings. The quantitative estimate of drug-likeness (QED) is 0.0290. The average molecular weight is 1180 g/mol. The molecule has 2 aromatic rings. The number of piperidine rings is 1. The van der Waals surface area contributed by atoms with E-state index in [0.29, 0.717) is 102 Å². The van der Waals surface area contributed by atoms with E-state index in [0.717, 1.165) is 44.2 Å². The molecule has 3 aliphatic rings. The van der Waals surface area contributed by atoms with Crippen molar-refractivity contribution in [2.45, 2.75) is 161 Å². The van der Waals surface area contributed by atoms with Crippen molar-refractivity contribution >= 4 is 58.8 Å². The normalized spacial score (nSPS) is 18.5. The predicted octanol–water partition coefficient (Wildman–Crippen LogP) is 5.22. The van der Waals surface area contributed by atoms with Gasteiger partial charge >= 0.3 is 6.09 Å². The second-order valence-corrected chi connectivity index (χ2v) is 22.7. The van der Waals surface area contributed by atoms with Crippen LogP contribution in [0.25, 0.3) is 0 Å². The van der Waals surface area contributed by atoms with Gasteiger partial charge in [-0.1, -0.05) is 66.9 Å². The molecule has 2 aliphatic heterocycles. The number of ether oxygens (including phenoxy) is 5. The Kier molecular flexibility index (Phi) is 29.3. The van der Waals surface area contributed by atoms with Crippen molar-refractivity contribution in [2.24, 2.45) is 11.8 Å². The number of phenols is 1. The molecule has 1 unspecified atom stereocenters. The number of thiazole rings is 1. The van der Waals surface area contributed by atoms with Gasteiger partial charge in [0.05, 0.1) is 51.6 Å². The summed E-state index contributed by atoms with van der Waals surface area (Å²) in [5.74, 6) is -2.94. The minimum atomic E-state index is -0.918. The zero-order valence-corrected chi connectivity index (χ0v) is 50.5. The highest BCUT2D eigenvalue weighted by Gasteiger charge is 2.39. The SMILES string of the molecule is CCCO[C@H](C[C@H](C(C)C)N(CCC)C(=O)[C@@H](NC(=O)[C@H]1CCCCN1C)[C@@H](C)CC)c1nc(C(=O)NC2Cc3ccc(O)cc3[C@H](C(=O)NNC(=O)OCCOCCOCCOCCNC(=O)CCCCCN3C(=O)C=CC3=O)C2)cs1. The first-order chi connectivity index (χ1) is 39.9. The number of nitrogens with zero attached hydrogens (tertiary/aromatic N) is 4. The summed E-state index contributed by atoms with van der Waals surface area (Å²) in [4.78, 5) is 114. The van der Waals surface area contributed by atoms with Gasteiger partial charge in [-0.25, -0.2) is 15.2 Å². The second-order valence-electron chi connectivity index (χ2n) is 21.8. The van der Waals surface area contributed by atoms with Crippen molar-refractivity contribution in [3.63, 3.8) is 0 Å². The number of hydrazine groups is 1. The van der Waals surface area contributed by atoms with E-state index in [1.165, 1.54) is 40.5 Å². The van der Waals surface area contributed by atoms with Gasteiger partial charge in [0.1, 0.15) is 35.2 Å². The maximum Gasteiger partial charge on any atom is 0.426 e. The van der Waals surface area contributed by atoms with Crippen LogP contribution in [0.15, 0.2) is 35.7 Å². The number of benzene rings is 1. The standard InChI is InChI=1S/C59H91N9O14S/c1-8-23-67(58(76)53(40(6)10-3)63-56(75)47-16-13-15-24-66(47)7)48(39(4)5)37-49(81-26-9-2)57-62-46(38-83-57)55(74)61-42-34-41-18-19-43(69)36-44(41)45(35-42)54(73)64-65-59(77)82-33-32-80-31-30-79-29-28-78-27-22-60-50(70)17-12-11-14-25-68-51(71)20-21-52(68)72/h18-21,36,38-40,42,45,47-49,53,69H,8-17,22-35,37H2,1-7H3,(H,60,70)(H,61,74)(H,63,75)(H,64,73)(H,65,77)/t40-,42?,45+,47+,48+,49+,53-/m0/s1. The lowest BCUT2D eigenvalue weighted by atomic mass is 9.79. The number of phenolic OH excluding ortho intramolecular Hbond substituents is 1. The molecule has 83 heavy (non-hydrogen) atoms. The number of likely N-dealkylation sites (N-methyl/N-ethyl adjacent to an activating group) is 1. The van der Waals surface area contributed by atoms with Gasteiger partial charge in [-0.15, -0.1) is 11.3 Å². The van der Waals surface area contributed by atoms with Crippen LogP contribution in [0.4, 0.5) is 4.79 Å². The van der Waals surface area contributed by atoms with E-state index in [9.17, 15) is 43.5 Å². The summed E-state index contributed by atoms with van der Waals surface area (Å²) in [5, 5.41) is 21.7. The van der Waals surface area contributed by atoms with Crippen LogP contribution in [0, 0.1) is 11.8 Å². The predicted molar refractivity (Wildman–Crippen MR) is 311 cm³/mol. The van der Waals surface area contributed by atoms with E-state index in [1.54, 1.807) is 11.4 Å². The number of imide groups is 1. The van der Waals surface area contributed by atoms with Gasteiger partial charge in [0.2, 0.25) is 23.6 Å². The van der Waals surface area contributed by atoms with Gasteiger partial charge in [0.25, 0.3) is 17.7 Å². The van der Waals surface area contributed by atoms with Gasteiger partial charge in [0.15, 0.2) is 0 Å². The summed E-state index contributed by atoms with van der Waals surface area (Å²) in [5.41, 5.74) is 6.15. The first-order valence-electron chi connectivity index (χ1n) is 29.7. The molecule has 1 aromatic heterocycles. The van der Waals surface area contributed by atoms with Gasteiger partial charge in [-0.2, -0.15) is 0 Å². The summed E-state index contributed by atoms with van der Waals surface area (Å²) < 4.78 is 28.1. The summed E-state index contributed by atoms with van der Waals surface area (Å²) >= 11 is 1.31. The molecule has 24 heteroatoms. The van der Waals surface area contributed by atoms with Crippen molar-refractivity contribution in [3.8, 4) is 5.75 Å². The molecule has 0 bridgehead atoms. The number of hydrogen-bond donors (Lipinski definition) is 6. The van der Waals surface area contributed by atoms with Crippen LogP contribution in [-0.2, 0) is 58.9 Å². The third-order valence-corrected chi connectivity index (χ3v) is 16.1. The summed E-state index contributed by atoms with van der Waals surface area (Å²) in [6, 6.07) is 2.96. The second kappa shape index (κ2) is 35.9. The van der Waals surface area contributed by atoms with E-state index in [2.05, 4.69) is 45.5 Å². The fourth-order valence-corrected chi connectivity index (χ4v) is 11.3. The number of hydrogen-bond acceptors (Lipinski definition) is 17. The van der Waals surface area contributed by atoms with Crippen LogP contribution in [0.3, 0.4) is 0 Å². The Bertz CT molecular complexity index is 2440. The largest absolute Gasteiger partial charge is 0.508 e. The monoisotopic (exact) mass is 1180 g/mol. The first-order valence-corrected chi connectivity index (χ1v) is 30.6. The molecule has 7 atom stereocenters. The molecule has 0 spiro atoms. The van der Waals surface area contributed by atoms with E-state index in [1.807, 2.05) is 39.6 Å². The molecule has 0 radical (unpaired) electrons. The van der Waals surface area contributed by atoms with Gasteiger partial charge in [-0.3, -0.25) is 48.8 Å². The number of nitrogens with one attached hydrogen (secondary N) is 5. The van der Waals surface area contributed by atoms with Crippen LogP contribution in [0.5, 0.6) is 5.75 Å². The Morgan fingerprint density at radius 1 is 0.855 bits per heavy atom. The minimum Gasteiger partial charge on any atom is -0.508 e. The molecule has 3 heterocycles. The van der Waals surface area contributed by atoms with Crippen molar-refractivity contribution in [2.75, 3.05) is 86.1 Å². The maximum atomic E-state index is 14.8. The highest BCUT2D eigenvalue weighted by molar-refractivity contribution is 7.09. The molecule has 5 rings (SSSR count). The number of unbranched alkanes of at least 4 members (excludes halogenated alkanes) is 2. The Balaban J connectivity index is 1.04. The van der Waals surface area contributed by atoms with Crippen LogP contribution >= 0.6 is 11.3 Å². The fraction of sp³-hybridized carbons (Fsp3) is 0.678. The summed E-state index contributed by atoms with van der Waals surface area (Å²) in [6.07, 6.45) is 9.27. The van der Waals surface area contributed by atoms with Gasteiger partial charge in [-0.05, 0) is 100 Å². The Hall–Kier alpha value is -6.05. The fourth-order valence-electron chi connectivity index (χ4n) is 10.4. The number of amides is 8. The maximum absolute atomic E-state index is 14.8. The number of likely N-dealkylation sites (tertiary alicyclic amines) is 1. The molecule has 1 aliphatic carbocycles. The van der Waals surface area contributed by atoms with Crippen LogP contribution < -0.4 is 26.8 Å². The molecule has 8 amide bonds. The van der Waals surface area contributed by atoms with Crippen molar-refractivity contribution in [1.82, 2.24) is 46.5 Å². The molecule has 1 aromatic carbocycles. The molecule has 23 nitrogen and oxygen atoms in total. The summed E-state index contributed by atoms with van der Waals surface area (Å²) in [7, 11) is 1.96. The van der Waals surface area contributed by atoms with Crippen LogP contribution in [0.2, 0.25) is 0 Å². The van der Waals surface area contributed by atoms with Crippen LogP contribution in [-0.4, -0.2) is 182 Å². The van der Waals surface area contributed by atoms with E-state index >= 15 is 0 Å². The smallest absolute Gasteiger partial charge is 0.426 e. The highest BCUT2D eigenvalue weighted by atomic mass is 32.1. The van der Waals surface area contributed by atoms with E-state index < -0.39 is 42.0 Å². The Morgan fingerprint density at radius 3 is 2.24 bits per heavy atom. The van der Waals surface area contributed by atoms with Gasteiger partial charge < -0.3 is 49.6 Å². The van der Waals surface area contributed by atoms with Gasteiger partial charge in [0, 0.05) is 68.7 Å². The van der Waals surface area contributed by atoms with E-state index in [-0.39, 0.29) is 97.7 Å². The summed E-state index contributed by atoms with van der Waals surface area (Å²) in [6.45, 7) is 16.1. The molecule has 0 saturated carbocycles. The number of carbonyl (C=O) groups excluding carboxylic acids is 8. The first kappa shape index (κ1) is 67.7. The lowest BCUT2D eigenvalue weighted by Gasteiger charge is -2.40. The minimum absolute atomic E-state index is 0.0173.